The lowest BCUT2D eigenvalue weighted by Crippen LogP contribution is -2.23. The van der Waals surface area contributed by atoms with Crippen molar-refractivity contribution in [2.24, 2.45) is 0 Å². The lowest BCUT2D eigenvalue weighted by Gasteiger charge is -2.21. The van der Waals surface area contributed by atoms with Crippen LogP contribution in [0.4, 0.5) is 15.8 Å². The molecule has 0 bridgehead atoms. The van der Waals surface area contributed by atoms with E-state index in [2.05, 4.69) is 20.4 Å². The van der Waals surface area contributed by atoms with E-state index < -0.39 is 23.7 Å². The van der Waals surface area contributed by atoms with Gasteiger partial charge in [0.05, 0.1) is 17.7 Å². The first-order chi connectivity index (χ1) is 13.3. The molecule has 0 saturated carbocycles. The Bertz CT molecular complexity index is 1060. The quantitative estimate of drug-likeness (QED) is 0.538. The van der Waals surface area contributed by atoms with Gasteiger partial charge in [-0.1, -0.05) is 17.7 Å². The Hall–Kier alpha value is -3.15. The number of halogens is 2. The van der Waals surface area contributed by atoms with Gasteiger partial charge in [-0.05, 0) is 43.7 Å². The van der Waals surface area contributed by atoms with Gasteiger partial charge >= 0.3 is 0 Å². The summed E-state index contributed by atoms with van der Waals surface area (Å²) in [5.41, 5.74) is 1.91. The Morgan fingerprint density at radius 2 is 2.04 bits per heavy atom. The second-order valence-electron chi connectivity index (χ2n) is 6.16. The van der Waals surface area contributed by atoms with Crippen LogP contribution in [-0.4, -0.2) is 26.5 Å². The molecule has 2 atom stereocenters. The van der Waals surface area contributed by atoms with Gasteiger partial charge in [0.15, 0.2) is 11.6 Å². The van der Waals surface area contributed by atoms with Crippen LogP contribution in [0.3, 0.4) is 0 Å². The van der Waals surface area contributed by atoms with Crippen molar-refractivity contribution in [2.75, 3.05) is 5.32 Å². The van der Waals surface area contributed by atoms with E-state index in [1.165, 1.54) is 12.1 Å². The first kappa shape index (κ1) is 19.6. The molecule has 28 heavy (non-hydrogen) atoms. The monoisotopic (exact) mass is 402 g/mol. The van der Waals surface area contributed by atoms with E-state index in [1.807, 2.05) is 0 Å². The second kappa shape index (κ2) is 7.84. The highest BCUT2D eigenvalue weighted by Crippen LogP contribution is 2.35. The van der Waals surface area contributed by atoms with Gasteiger partial charge in [0, 0.05) is 11.3 Å². The number of hydrogen-bond donors (Lipinski definition) is 3. The molecular weight excluding hydrogens is 387 g/mol. The van der Waals surface area contributed by atoms with Gasteiger partial charge in [0.2, 0.25) is 17.5 Å². The van der Waals surface area contributed by atoms with E-state index in [9.17, 15) is 14.6 Å². The second-order valence-corrected chi connectivity index (χ2v) is 6.54. The minimum atomic E-state index is -0.909. The molecule has 0 spiro atoms. The number of aromatic hydroxyl groups is 1. The van der Waals surface area contributed by atoms with Gasteiger partial charge in [-0.2, -0.15) is 0 Å². The first-order valence-electron chi connectivity index (χ1n) is 8.25. The molecule has 3 N–H and O–H groups in total. The predicted molar refractivity (Wildman–Crippen MR) is 102 cm³/mol. The average Bonchev–Trinajstić information content (AvgIpc) is 3.14. The van der Waals surface area contributed by atoms with Gasteiger partial charge in [-0.3, -0.25) is 0 Å². The maximum atomic E-state index is 13.2. The number of hydrogen-bond acceptors (Lipinski definition) is 6. The van der Waals surface area contributed by atoms with Crippen molar-refractivity contribution in [3.05, 3.63) is 64.0 Å². The Kier molecular flexibility index (Phi) is 5.49. The lowest BCUT2D eigenvalue weighted by atomic mass is 10.1. The summed E-state index contributed by atoms with van der Waals surface area (Å²) in [6.45, 7) is 10.4. The largest absolute Gasteiger partial charge is 0.505 e. The molecule has 0 amide bonds. The van der Waals surface area contributed by atoms with E-state index in [4.69, 9.17) is 22.6 Å². The summed E-state index contributed by atoms with van der Waals surface area (Å²) < 4.78 is 18.8. The molecular formula is C19H16ClFN4O3. The van der Waals surface area contributed by atoms with Crippen molar-refractivity contribution in [1.82, 2.24) is 10.2 Å². The van der Waals surface area contributed by atoms with Crippen molar-refractivity contribution in [3.63, 3.8) is 0 Å². The molecule has 9 heteroatoms. The van der Waals surface area contributed by atoms with Crippen molar-refractivity contribution >= 4 is 23.0 Å². The van der Waals surface area contributed by atoms with Crippen LogP contribution >= 0.6 is 11.6 Å². The van der Waals surface area contributed by atoms with Crippen LogP contribution < -0.4 is 5.32 Å². The van der Waals surface area contributed by atoms with Gasteiger partial charge in [-0.15, -0.1) is 10.2 Å². The highest BCUT2D eigenvalue weighted by Gasteiger charge is 2.25. The molecule has 0 unspecified atom stereocenters. The Morgan fingerprint density at radius 3 is 2.68 bits per heavy atom. The molecule has 3 aromatic rings. The average molecular weight is 403 g/mol. The third-order valence-electron chi connectivity index (χ3n) is 4.18. The smallest absolute Gasteiger partial charge is 0.248 e. The van der Waals surface area contributed by atoms with Gasteiger partial charge < -0.3 is 19.9 Å². The molecule has 0 fully saturated rings. The summed E-state index contributed by atoms with van der Waals surface area (Å²) in [6.07, 6.45) is -0.909. The number of nitrogens with one attached hydrogen (secondary N) is 1. The zero-order valence-corrected chi connectivity index (χ0v) is 15.7. The normalized spacial score (nSPS) is 13.0. The number of aliphatic hydroxyl groups excluding tert-OH is 1. The summed E-state index contributed by atoms with van der Waals surface area (Å²) in [5, 5.41) is 31.0. The maximum absolute atomic E-state index is 13.2. The molecule has 144 valence electrons. The molecule has 3 rings (SSSR count). The number of rotatable bonds is 5. The third kappa shape index (κ3) is 3.76. The molecule has 1 aromatic heterocycles. The van der Waals surface area contributed by atoms with Gasteiger partial charge in [0.1, 0.15) is 6.04 Å². The summed E-state index contributed by atoms with van der Waals surface area (Å²) in [5.74, 6) is -1.13. The standard InChI is InChI=1S/C19H16ClFN4O3/c1-9-13(6-7-14(22-3)16(9)20)23-17(10(2)26)19-25-24-18(28-19)11-4-5-12(21)15(27)8-11/h4-8,10,17,23,26-27H,1-2H3/t10-,17+/m0/s1. The molecule has 0 aliphatic rings. The van der Waals surface area contributed by atoms with Crippen LogP contribution in [0.5, 0.6) is 5.75 Å². The number of aromatic nitrogens is 2. The number of phenolic OH excluding ortho intramolecular Hbond substituents is 1. The van der Waals surface area contributed by atoms with Crippen LogP contribution in [0.15, 0.2) is 34.7 Å². The summed E-state index contributed by atoms with van der Waals surface area (Å²) in [6, 6.07) is 6.14. The van der Waals surface area contributed by atoms with Crippen LogP contribution in [-0.2, 0) is 0 Å². The molecule has 0 aliphatic heterocycles. The van der Waals surface area contributed by atoms with Crippen LogP contribution in [0.25, 0.3) is 16.3 Å². The summed E-state index contributed by atoms with van der Waals surface area (Å²) in [4.78, 5) is 3.35. The number of phenols is 1. The highest BCUT2D eigenvalue weighted by molar-refractivity contribution is 6.34. The number of benzene rings is 2. The van der Waals surface area contributed by atoms with Crippen molar-refractivity contribution < 1.29 is 19.0 Å². The fraction of sp³-hybridized carbons (Fsp3) is 0.211. The zero-order valence-electron chi connectivity index (χ0n) is 14.9. The van der Waals surface area contributed by atoms with Crippen molar-refractivity contribution in [1.29, 1.82) is 0 Å². The topological polar surface area (TPSA) is 95.8 Å². The van der Waals surface area contributed by atoms with Gasteiger partial charge in [-0.25, -0.2) is 9.24 Å². The minimum absolute atomic E-state index is 0.0656. The van der Waals surface area contributed by atoms with E-state index in [1.54, 1.807) is 26.0 Å². The van der Waals surface area contributed by atoms with E-state index in [0.717, 1.165) is 6.07 Å². The Balaban J connectivity index is 1.92. The minimum Gasteiger partial charge on any atom is -0.505 e. The number of anilines is 1. The molecule has 0 saturated heterocycles. The molecule has 0 aliphatic carbocycles. The van der Waals surface area contributed by atoms with Crippen molar-refractivity contribution in [3.8, 4) is 17.2 Å². The fourth-order valence-electron chi connectivity index (χ4n) is 2.59. The van der Waals surface area contributed by atoms with E-state index in [-0.39, 0.29) is 11.8 Å². The maximum Gasteiger partial charge on any atom is 0.248 e. The van der Waals surface area contributed by atoms with Crippen molar-refractivity contribution in [2.45, 2.75) is 26.0 Å². The molecule has 0 radical (unpaired) electrons. The zero-order chi connectivity index (χ0) is 20.4. The summed E-state index contributed by atoms with van der Waals surface area (Å²) >= 11 is 6.20. The van der Waals surface area contributed by atoms with Crippen LogP contribution in [0.2, 0.25) is 5.02 Å². The third-order valence-corrected chi connectivity index (χ3v) is 4.66. The Labute approximate surface area is 165 Å². The highest BCUT2D eigenvalue weighted by atomic mass is 35.5. The van der Waals surface area contributed by atoms with E-state index in [0.29, 0.717) is 27.5 Å². The Morgan fingerprint density at radius 1 is 1.29 bits per heavy atom. The number of nitrogens with zero attached hydrogens (tertiary/aromatic N) is 3. The number of aliphatic hydroxyl groups is 1. The molecule has 1 heterocycles. The SMILES string of the molecule is [C-]#[N+]c1ccc(N[C@@H](c2nnc(-c3ccc(F)c(O)c3)o2)[C@H](C)O)c(C)c1Cl. The van der Waals surface area contributed by atoms with Crippen LogP contribution in [0, 0.1) is 19.3 Å². The van der Waals surface area contributed by atoms with E-state index >= 15 is 0 Å². The van der Waals surface area contributed by atoms with Gasteiger partial charge in [0.25, 0.3) is 0 Å². The predicted octanol–water partition coefficient (Wildman–Crippen LogP) is 4.63. The molecule has 7 nitrogen and oxygen atoms in total. The first-order valence-corrected chi connectivity index (χ1v) is 8.63. The lowest BCUT2D eigenvalue weighted by molar-refractivity contribution is 0.159. The van der Waals surface area contributed by atoms with Crippen LogP contribution in [0.1, 0.15) is 24.4 Å². The molecule has 2 aromatic carbocycles. The fourth-order valence-corrected chi connectivity index (χ4v) is 2.80. The summed E-state index contributed by atoms with van der Waals surface area (Å²) in [7, 11) is 0.